The lowest BCUT2D eigenvalue weighted by Gasteiger charge is -2.37. The van der Waals surface area contributed by atoms with Gasteiger partial charge < -0.3 is 5.11 Å². The molecule has 0 atom stereocenters. The molecule has 0 unspecified atom stereocenters. The zero-order valence-corrected chi connectivity index (χ0v) is 13.5. The van der Waals surface area contributed by atoms with Crippen molar-refractivity contribution in [2.75, 3.05) is 5.75 Å². The minimum Gasteiger partial charge on any atom is -0.481 e. The molecule has 0 bridgehead atoms. The normalized spacial score (nSPS) is 23.8. The summed E-state index contributed by atoms with van der Waals surface area (Å²) in [6, 6.07) is 0. The van der Waals surface area contributed by atoms with Crippen molar-refractivity contribution in [3.8, 4) is 0 Å². The second kappa shape index (κ2) is 7.09. The standard InChI is InChI=1S/C15H27NO4S/c17-14(18)11-15(9-5-2-6-10-15)16-21(19,20)12-13-7-3-1-4-8-13/h13,16H,1-12H2,(H,17,18). The molecule has 0 aromatic carbocycles. The Morgan fingerprint density at radius 2 is 1.62 bits per heavy atom. The fraction of sp³-hybridized carbons (Fsp3) is 0.933. The van der Waals surface area contributed by atoms with Gasteiger partial charge in [0.25, 0.3) is 0 Å². The van der Waals surface area contributed by atoms with E-state index in [0.29, 0.717) is 12.8 Å². The van der Waals surface area contributed by atoms with E-state index in [4.69, 9.17) is 5.11 Å². The van der Waals surface area contributed by atoms with Crippen LogP contribution in [0.2, 0.25) is 0 Å². The van der Waals surface area contributed by atoms with Gasteiger partial charge in [0.2, 0.25) is 10.0 Å². The monoisotopic (exact) mass is 317 g/mol. The zero-order valence-electron chi connectivity index (χ0n) is 12.6. The fourth-order valence-corrected chi connectivity index (χ4v) is 5.84. The third-order valence-corrected chi connectivity index (χ3v) is 6.51. The van der Waals surface area contributed by atoms with Crippen molar-refractivity contribution in [3.05, 3.63) is 0 Å². The Morgan fingerprint density at radius 3 is 2.19 bits per heavy atom. The maximum absolute atomic E-state index is 12.4. The van der Waals surface area contributed by atoms with Gasteiger partial charge >= 0.3 is 5.97 Å². The third-order valence-electron chi connectivity index (χ3n) is 4.85. The number of rotatable bonds is 6. The Hall–Kier alpha value is -0.620. The lowest BCUT2D eigenvalue weighted by atomic mass is 9.80. The van der Waals surface area contributed by atoms with Crippen LogP contribution in [0.25, 0.3) is 0 Å². The molecule has 0 spiro atoms. The van der Waals surface area contributed by atoms with Crippen LogP contribution in [-0.2, 0) is 14.8 Å². The Labute approximate surface area is 127 Å². The molecule has 122 valence electrons. The summed E-state index contributed by atoms with van der Waals surface area (Å²) in [5.41, 5.74) is -0.752. The summed E-state index contributed by atoms with van der Waals surface area (Å²) in [5, 5.41) is 9.11. The average molecular weight is 317 g/mol. The summed E-state index contributed by atoms with van der Waals surface area (Å²) in [7, 11) is -3.40. The van der Waals surface area contributed by atoms with Crippen LogP contribution in [-0.4, -0.2) is 30.8 Å². The lowest BCUT2D eigenvalue weighted by molar-refractivity contribution is -0.138. The summed E-state index contributed by atoms with van der Waals surface area (Å²) < 4.78 is 27.7. The fourth-order valence-electron chi connectivity index (χ4n) is 3.87. The number of carbonyl (C=O) groups is 1. The van der Waals surface area contributed by atoms with E-state index in [1.807, 2.05) is 0 Å². The summed E-state index contributed by atoms with van der Waals surface area (Å²) in [6.07, 6.45) is 9.43. The number of carboxylic acids is 1. The van der Waals surface area contributed by atoms with Crippen LogP contribution < -0.4 is 4.72 Å². The second-order valence-electron chi connectivity index (χ2n) is 6.80. The average Bonchev–Trinajstić information content (AvgIpc) is 2.38. The van der Waals surface area contributed by atoms with Crippen LogP contribution in [0.1, 0.15) is 70.6 Å². The predicted octanol–water partition coefficient (Wildman–Crippen LogP) is 2.66. The van der Waals surface area contributed by atoms with E-state index in [9.17, 15) is 13.2 Å². The molecule has 0 amide bonds. The highest BCUT2D eigenvalue weighted by atomic mass is 32.2. The molecule has 0 saturated heterocycles. The number of carboxylic acid groups (broad SMARTS) is 1. The van der Waals surface area contributed by atoms with Crippen molar-refractivity contribution in [2.45, 2.75) is 76.2 Å². The van der Waals surface area contributed by atoms with E-state index in [1.165, 1.54) is 6.42 Å². The van der Waals surface area contributed by atoms with Gasteiger partial charge in [0.05, 0.1) is 12.2 Å². The van der Waals surface area contributed by atoms with E-state index < -0.39 is 21.5 Å². The van der Waals surface area contributed by atoms with E-state index in [-0.39, 0.29) is 18.1 Å². The summed E-state index contributed by atoms with van der Waals surface area (Å²) >= 11 is 0. The van der Waals surface area contributed by atoms with Crippen LogP contribution in [0, 0.1) is 5.92 Å². The van der Waals surface area contributed by atoms with Crippen molar-refractivity contribution in [1.29, 1.82) is 0 Å². The first-order chi connectivity index (χ1) is 9.91. The summed E-state index contributed by atoms with van der Waals surface area (Å²) in [5.74, 6) is -0.520. The molecule has 21 heavy (non-hydrogen) atoms. The van der Waals surface area contributed by atoms with Crippen LogP contribution >= 0.6 is 0 Å². The molecule has 0 radical (unpaired) electrons. The highest BCUT2D eigenvalue weighted by Crippen LogP contribution is 2.33. The van der Waals surface area contributed by atoms with Gasteiger partial charge in [-0.15, -0.1) is 0 Å². The van der Waals surface area contributed by atoms with E-state index in [0.717, 1.165) is 44.9 Å². The number of hydrogen-bond acceptors (Lipinski definition) is 3. The number of aliphatic carboxylic acids is 1. The molecule has 2 saturated carbocycles. The highest BCUT2D eigenvalue weighted by Gasteiger charge is 2.38. The quantitative estimate of drug-likeness (QED) is 0.789. The predicted molar refractivity (Wildman–Crippen MR) is 81.6 cm³/mol. The lowest BCUT2D eigenvalue weighted by Crippen LogP contribution is -2.52. The maximum atomic E-state index is 12.4. The van der Waals surface area contributed by atoms with Crippen molar-refractivity contribution < 1.29 is 18.3 Å². The summed E-state index contributed by atoms with van der Waals surface area (Å²) in [4.78, 5) is 11.1. The molecular weight excluding hydrogens is 290 g/mol. The molecule has 2 N–H and O–H groups in total. The first kappa shape index (κ1) is 16.7. The largest absolute Gasteiger partial charge is 0.481 e. The molecule has 6 heteroatoms. The van der Waals surface area contributed by atoms with Crippen molar-refractivity contribution in [1.82, 2.24) is 4.72 Å². The molecule has 2 rings (SSSR count). The minimum atomic E-state index is -3.40. The molecule has 0 aromatic heterocycles. The van der Waals surface area contributed by atoms with Gasteiger partial charge in [-0.25, -0.2) is 13.1 Å². The molecule has 5 nitrogen and oxygen atoms in total. The van der Waals surface area contributed by atoms with E-state index in [2.05, 4.69) is 4.72 Å². The van der Waals surface area contributed by atoms with Gasteiger partial charge in [-0.05, 0) is 31.6 Å². The van der Waals surface area contributed by atoms with Gasteiger partial charge in [-0.2, -0.15) is 0 Å². The smallest absolute Gasteiger partial charge is 0.305 e. The third kappa shape index (κ3) is 5.25. The molecule has 0 aromatic rings. The SMILES string of the molecule is O=C(O)CC1(NS(=O)(=O)CC2CCCCC2)CCCCC1. The molecule has 0 aliphatic heterocycles. The first-order valence-corrected chi connectivity index (χ1v) is 9.80. The zero-order chi connectivity index (χ0) is 15.3. The second-order valence-corrected chi connectivity index (χ2v) is 8.57. The van der Waals surface area contributed by atoms with Crippen LogP contribution in [0.4, 0.5) is 0 Å². The van der Waals surface area contributed by atoms with E-state index in [1.54, 1.807) is 0 Å². The highest BCUT2D eigenvalue weighted by molar-refractivity contribution is 7.89. The van der Waals surface area contributed by atoms with Crippen molar-refractivity contribution in [2.24, 2.45) is 5.92 Å². The topological polar surface area (TPSA) is 83.5 Å². The van der Waals surface area contributed by atoms with Crippen LogP contribution in [0.15, 0.2) is 0 Å². The Bertz CT molecular complexity index is 448. The molecule has 0 heterocycles. The van der Waals surface area contributed by atoms with Gasteiger partial charge in [-0.1, -0.05) is 38.5 Å². The molecular formula is C15H27NO4S. The molecule has 2 aliphatic rings. The van der Waals surface area contributed by atoms with Crippen molar-refractivity contribution >= 4 is 16.0 Å². The van der Waals surface area contributed by atoms with Gasteiger partial charge in [0.1, 0.15) is 0 Å². The van der Waals surface area contributed by atoms with Crippen LogP contribution in [0.3, 0.4) is 0 Å². The summed E-state index contributed by atoms with van der Waals surface area (Å²) in [6.45, 7) is 0. The maximum Gasteiger partial charge on any atom is 0.305 e. The van der Waals surface area contributed by atoms with Gasteiger partial charge in [-0.3, -0.25) is 4.79 Å². The first-order valence-electron chi connectivity index (χ1n) is 8.14. The minimum absolute atomic E-state index is 0.100. The molecule has 2 aliphatic carbocycles. The number of nitrogens with one attached hydrogen (secondary N) is 1. The number of sulfonamides is 1. The Kier molecular flexibility index (Phi) is 5.66. The van der Waals surface area contributed by atoms with Crippen LogP contribution in [0.5, 0.6) is 0 Å². The Morgan fingerprint density at radius 1 is 1.05 bits per heavy atom. The van der Waals surface area contributed by atoms with Gasteiger partial charge in [0, 0.05) is 5.54 Å². The number of hydrogen-bond donors (Lipinski definition) is 2. The van der Waals surface area contributed by atoms with Crippen molar-refractivity contribution in [3.63, 3.8) is 0 Å². The van der Waals surface area contributed by atoms with Gasteiger partial charge in [0.15, 0.2) is 0 Å². The molecule has 2 fully saturated rings. The van der Waals surface area contributed by atoms with E-state index >= 15 is 0 Å². The Balaban J connectivity index is 2.01.